The van der Waals surface area contributed by atoms with Crippen molar-refractivity contribution in [3.63, 3.8) is 0 Å². The summed E-state index contributed by atoms with van der Waals surface area (Å²) < 4.78 is 18.0. The molecule has 0 aliphatic carbocycles. The Balaban J connectivity index is 2.02. The van der Waals surface area contributed by atoms with Gasteiger partial charge in [-0.1, -0.05) is 0 Å². The minimum Gasteiger partial charge on any atom is -0.467 e. The van der Waals surface area contributed by atoms with Crippen LogP contribution in [0.2, 0.25) is 0 Å². The van der Waals surface area contributed by atoms with Gasteiger partial charge in [-0.3, -0.25) is 4.79 Å². The van der Waals surface area contributed by atoms with Crippen molar-refractivity contribution in [2.24, 2.45) is 0 Å². The first-order valence-corrected chi connectivity index (χ1v) is 5.02. The number of halogens is 1. The smallest absolute Gasteiger partial charge is 0.251 e. The molecule has 5 heteroatoms. The summed E-state index contributed by atoms with van der Waals surface area (Å²) in [6.07, 6.45) is 1.53. The van der Waals surface area contributed by atoms with Crippen LogP contribution in [0.4, 0.5) is 10.1 Å². The predicted octanol–water partition coefficient (Wildman–Crippen LogP) is 1.93. The minimum absolute atomic E-state index is 0.0457. The molecule has 0 atom stereocenters. The third-order valence-corrected chi connectivity index (χ3v) is 2.26. The van der Waals surface area contributed by atoms with Crippen LogP contribution in [0, 0.1) is 5.82 Å². The van der Waals surface area contributed by atoms with E-state index in [1.54, 1.807) is 12.1 Å². The van der Waals surface area contributed by atoms with Gasteiger partial charge in [-0.25, -0.2) is 4.39 Å². The van der Waals surface area contributed by atoms with Crippen molar-refractivity contribution < 1.29 is 13.6 Å². The standard InChI is InChI=1S/C12H11FN2O2/c13-10-4-3-8(6-11(10)14)12(16)15-7-9-2-1-5-17-9/h1-6H,7,14H2,(H,15,16). The average molecular weight is 234 g/mol. The molecule has 1 amide bonds. The summed E-state index contributed by atoms with van der Waals surface area (Å²) in [4.78, 5) is 11.7. The zero-order valence-corrected chi connectivity index (χ0v) is 8.94. The number of amides is 1. The number of hydrogen-bond donors (Lipinski definition) is 2. The lowest BCUT2D eigenvalue weighted by Crippen LogP contribution is -2.22. The maximum atomic E-state index is 12.9. The second-order valence-electron chi connectivity index (χ2n) is 3.50. The maximum Gasteiger partial charge on any atom is 0.251 e. The zero-order chi connectivity index (χ0) is 12.3. The molecule has 4 nitrogen and oxygen atoms in total. The Kier molecular flexibility index (Phi) is 3.09. The van der Waals surface area contributed by atoms with Crippen molar-refractivity contribution in [1.29, 1.82) is 0 Å². The molecule has 1 aromatic heterocycles. The highest BCUT2D eigenvalue weighted by molar-refractivity contribution is 5.94. The summed E-state index contributed by atoms with van der Waals surface area (Å²) in [7, 11) is 0. The first kappa shape index (κ1) is 11.2. The van der Waals surface area contributed by atoms with E-state index in [1.807, 2.05) is 0 Å². The number of anilines is 1. The molecule has 2 rings (SSSR count). The fraction of sp³-hybridized carbons (Fsp3) is 0.0833. The lowest BCUT2D eigenvalue weighted by Gasteiger charge is -2.04. The van der Waals surface area contributed by atoms with Crippen LogP contribution in [-0.4, -0.2) is 5.91 Å². The van der Waals surface area contributed by atoms with Gasteiger partial charge in [-0.05, 0) is 30.3 Å². The molecule has 17 heavy (non-hydrogen) atoms. The quantitative estimate of drug-likeness (QED) is 0.797. The molecule has 0 aliphatic rings. The monoisotopic (exact) mass is 234 g/mol. The van der Waals surface area contributed by atoms with E-state index < -0.39 is 5.82 Å². The SMILES string of the molecule is Nc1cc(C(=O)NCc2ccco2)ccc1F. The Bertz CT molecular complexity index is 523. The van der Waals surface area contributed by atoms with Crippen molar-refractivity contribution in [2.45, 2.75) is 6.54 Å². The zero-order valence-electron chi connectivity index (χ0n) is 8.94. The molecule has 1 aromatic carbocycles. The van der Waals surface area contributed by atoms with Gasteiger partial charge in [0, 0.05) is 5.56 Å². The van der Waals surface area contributed by atoms with Crippen LogP contribution in [0.1, 0.15) is 16.1 Å². The van der Waals surface area contributed by atoms with Crippen molar-refractivity contribution in [3.8, 4) is 0 Å². The summed E-state index contributed by atoms with van der Waals surface area (Å²) in [6.45, 7) is 0.281. The summed E-state index contributed by atoms with van der Waals surface area (Å²) in [5, 5.41) is 2.64. The van der Waals surface area contributed by atoms with Gasteiger partial charge < -0.3 is 15.5 Å². The number of furan rings is 1. The Morgan fingerprint density at radius 1 is 1.41 bits per heavy atom. The van der Waals surface area contributed by atoms with E-state index >= 15 is 0 Å². The van der Waals surface area contributed by atoms with E-state index in [0.29, 0.717) is 11.3 Å². The average Bonchev–Trinajstić information content (AvgIpc) is 2.82. The van der Waals surface area contributed by atoms with Crippen LogP contribution in [-0.2, 0) is 6.54 Å². The molecule has 0 bridgehead atoms. The number of carbonyl (C=O) groups excluding carboxylic acids is 1. The Morgan fingerprint density at radius 2 is 2.24 bits per heavy atom. The van der Waals surface area contributed by atoms with Crippen molar-refractivity contribution in [2.75, 3.05) is 5.73 Å². The van der Waals surface area contributed by atoms with E-state index in [2.05, 4.69) is 5.32 Å². The summed E-state index contributed by atoms with van der Waals surface area (Å²) in [5.74, 6) is -0.214. The van der Waals surface area contributed by atoms with E-state index in [0.717, 1.165) is 6.07 Å². The van der Waals surface area contributed by atoms with Gasteiger partial charge in [0.1, 0.15) is 11.6 Å². The predicted molar refractivity (Wildman–Crippen MR) is 60.7 cm³/mol. The molecule has 0 unspecified atom stereocenters. The van der Waals surface area contributed by atoms with Crippen molar-refractivity contribution >= 4 is 11.6 Å². The van der Waals surface area contributed by atoms with Crippen LogP contribution in [0.25, 0.3) is 0 Å². The van der Waals surface area contributed by atoms with Crippen LogP contribution < -0.4 is 11.1 Å². The number of carbonyl (C=O) groups is 1. The molecule has 88 valence electrons. The number of hydrogen-bond acceptors (Lipinski definition) is 3. The molecule has 0 spiro atoms. The number of benzene rings is 1. The van der Waals surface area contributed by atoms with E-state index in [-0.39, 0.29) is 18.1 Å². The minimum atomic E-state index is -0.535. The Morgan fingerprint density at radius 3 is 2.88 bits per heavy atom. The number of nitrogens with two attached hydrogens (primary N) is 1. The van der Waals surface area contributed by atoms with E-state index in [4.69, 9.17) is 10.2 Å². The lowest BCUT2D eigenvalue weighted by atomic mass is 10.2. The molecular formula is C12H11FN2O2. The largest absolute Gasteiger partial charge is 0.467 e. The number of nitrogen functional groups attached to an aromatic ring is 1. The topological polar surface area (TPSA) is 68.3 Å². The fourth-order valence-corrected chi connectivity index (χ4v) is 1.37. The molecular weight excluding hydrogens is 223 g/mol. The number of nitrogens with one attached hydrogen (secondary N) is 1. The second kappa shape index (κ2) is 4.69. The lowest BCUT2D eigenvalue weighted by molar-refractivity contribution is 0.0948. The van der Waals surface area contributed by atoms with Gasteiger partial charge in [0.2, 0.25) is 0 Å². The van der Waals surface area contributed by atoms with Gasteiger partial charge in [0.15, 0.2) is 0 Å². The summed E-state index contributed by atoms with van der Waals surface area (Å²) in [5.41, 5.74) is 5.65. The molecule has 1 heterocycles. The molecule has 0 saturated heterocycles. The molecule has 3 N–H and O–H groups in total. The highest BCUT2D eigenvalue weighted by Gasteiger charge is 2.08. The fourth-order valence-electron chi connectivity index (χ4n) is 1.37. The third kappa shape index (κ3) is 2.63. The van der Waals surface area contributed by atoms with Crippen LogP contribution in [0.15, 0.2) is 41.0 Å². The first-order chi connectivity index (χ1) is 8.16. The molecule has 0 radical (unpaired) electrons. The van der Waals surface area contributed by atoms with Crippen LogP contribution in [0.3, 0.4) is 0 Å². The Hall–Kier alpha value is -2.30. The summed E-state index contributed by atoms with van der Waals surface area (Å²) >= 11 is 0. The van der Waals surface area contributed by atoms with Crippen LogP contribution >= 0.6 is 0 Å². The van der Waals surface area contributed by atoms with Gasteiger partial charge in [0.05, 0.1) is 18.5 Å². The van der Waals surface area contributed by atoms with Crippen molar-refractivity contribution in [1.82, 2.24) is 5.32 Å². The first-order valence-electron chi connectivity index (χ1n) is 5.02. The highest BCUT2D eigenvalue weighted by Crippen LogP contribution is 2.12. The van der Waals surface area contributed by atoms with Crippen LogP contribution in [0.5, 0.6) is 0 Å². The number of rotatable bonds is 3. The third-order valence-electron chi connectivity index (χ3n) is 2.26. The summed E-state index contributed by atoms with van der Waals surface area (Å²) in [6, 6.07) is 7.32. The van der Waals surface area contributed by atoms with E-state index in [1.165, 1.54) is 18.4 Å². The van der Waals surface area contributed by atoms with Gasteiger partial charge in [-0.2, -0.15) is 0 Å². The Labute approximate surface area is 97.2 Å². The van der Waals surface area contributed by atoms with E-state index in [9.17, 15) is 9.18 Å². The van der Waals surface area contributed by atoms with Crippen molar-refractivity contribution in [3.05, 3.63) is 53.7 Å². The second-order valence-corrected chi connectivity index (χ2v) is 3.50. The molecule has 0 aliphatic heterocycles. The molecule has 0 fully saturated rings. The normalized spacial score (nSPS) is 10.2. The maximum absolute atomic E-state index is 12.9. The molecule has 0 saturated carbocycles. The van der Waals surface area contributed by atoms with Gasteiger partial charge >= 0.3 is 0 Å². The van der Waals surface area contributed by atoms with Gasteiger partial charge in [-0.15, -0.1) is 0 Å². The molecule has 2 aromatic rings. The highest BCUT2D eigenvalue weighted by atomic mass is 19.1. The van der Waals surface area contributed by atoms with Gasteiger partial charge in [0.25, 0.3) is 5.91 Å².